The van der Waals surface area contributed by atoms with Crippen molar-refractivity contribution >= 4 is 35.3 Å². The maximum absolute atomic E-state index is 14.2. The van der Waals surface area contributed by atoms with Crippen LogP contribution < -0.4 is 5.32 Å². The summed E-state index contributed by atoms with van der Waals surface area (Å²) in [6.07, 6.45) is 1.98. The van der Waals surface area contributed by atoms with Gasteiger partial charge in [-0.25, -0.2) is 13.6 Å². The normalized spacial score (nSPS) is 14.7. The SMILES string of the molecule is CSCCC(NC(=O)OC(C)(C)C)c1nnc2n1N=C(c1ccc(F)cc1F)CS2. The van der Waals surface area contributed by atoms with Gasteiger partial charge in [-0.05, 0) is 51.3 Å². The molecule has 2 aromatic rings. The van der Waals surface area contributed by atoms with Crippen LogP contribution in [0.3, 0.4) is 0 Å². The van der Waals surface area contributed by atoms with E-state index < -0.39 is 29.4 Å². The Bertz CT molecular complexity index is 959. The molecule has 1 atom stereocenters. The number of hydrogen-bond donors (Lipinski definition) is 1. The van der Waals surface area contributed by atoms with E-state index in [-0.39, 0.29) is 5.56 Å². The van der Waals surface area contributed by atoms with Gasteiger partial charge in [0.15, 0.2) is 5.82 Å². The summed E-state index contributed by atoms with van der Waals surface area (Å²) in [5, 5.41) is 16.2. The first-order valence-electron chi connectivity index (χ1n) is 9.28. The highest BCUT2D eigenvalue weighted by Gasteiger charge is 2.28. The summed E-state index contributed by atoms with van der Waals surface area (Å²) in [7, 11) is 0. The average molecular weight is 456 g/mol. The van der Waals surface area contributed by atoms with Gasteiger partial charge in [-0.2, -0.15) is 21.5 Å². The molecule has 0 bridgehead atoms. The Labute approximate surface area is 182 Å². The van der Waals surface area contributed by atoms with Crippen LogP contribution >= 0.6 is 23.5 Å². The molecule has 0 saturated heterocycles. The highest BCUT2D eigenvalue weighted by molar-refractivity contribution is 7.99. The molecular formula is C19H23F2N5O2S2. The fraction of sp³-hybridized carbons (Fsp3) is 0.474. The standard InChI is InChI=1S/C19H23F2N5O2S2/c1-19(2,3)28-18(27)22-14(7-8-29-4)16-23-24-17-26(16)25-15(10-30-17)12-6-5-11(20)9-13(12)21/h5-6,9,14H,7-8,10H2,1-4H3,(H,22,27). The Hall–Kier alpha value is -2.14. The fourth-order valence-corrected chi connectivity index (χ4v) is 4.07. The molecule has 0 spiro atoms. The van der Waals surface area contributed by atoms with Gasteiger partial charge in [0.05, 0.1) is 11.8 Å². The van der Waals surface area contributed by atoms with Gasteiger partial charge in [0, 0.05) is 17.4 Å². The zero-order valence-electron chi connectivity index (χ0n) is 17.1. The van der Waals surface area contributed by atoms with Crippen molar-refractivity contribution in [2.24, 2.45) is 5.10 Å². The molecule has 1 amide bonds. The van der Waals surface area contributed by atoms with E-state index in [1.54, 1.807) is 32.5 Å². The molecule has 1 aliphatic heterocycles. The van der Waals surface area contributed by atoms with Crippen molar-refractivity contribution in [3.63, 3.8) is 0 Å². The largest absolute Gasteiger partial charge is 0.444 e. The number of hydrogen-bond acceptors (Lipinski definition) is 7. The third-order valence-corrected chi connectivity index (χ3v) is 5.62. The molecule has 0 fully saturated rings. The van der Waals surface area contributed by atoms with Gasteiger partial charge in [0.1, 0.15) is 17.2 Å². The molecule has 2 heterocycles. The second kappa shape index (κ2) is 9.34. The number of alkyl carbamates (subject to hydrolysis) is 1. The minimum absolute atomic E-state index is 0.218. The lowest BCUT2D eigenvalue weighted by atomic mass is 10.1. The highest BCUT2D eigenvalue weighted by atomic mass is 32.2. The smallest absolute Gasteiger partial charge is 0.408 e. The number of fused-ring (bicyclic) bond motifs is 1. The van der Waals surface area contributed by atoms with E-state index >= 15 is 0 Å². The first-order valence-corrected chi connectivity index (χ1v) is 11.7. The van der Waals surface area contributed by atoms with Crippen LogP contribution in [0.2, 0.25) is 0 Å². The Balaban J connectivity index is 1.92. The average Bonchev–Trinajstić information content (AvgIpc) is 3.06. The van der Waals surface area contributed by atoms with E-state index in [1.165, 1.54) is 28.6 Å². The Kier molecular flexibility index (Phi) is 7.02. The number of amides is 1. The molecule has 3 rings (SSSR count). The molecular weight excluding hydrogens is 432 g/mol. The number of halogens is 2. The summed E-state index contributed by atoms with van der Waals surface area (Å²) >= 11 is 2.97. The summed E-state index contributed by atoms with van der Waals surface area (Å²) in [4.78, 5) is 12.3. The molecule has 1 N–H and O–H groups in total. The van der Waals surface area contributed by atoms with Crippen molar-refractivity contribution < 1.29 is 18.3 Å². The molecule has 1 unspecified atom stereocenters. The highest BCUT2D eigenvalue weighted by Crippen LogP contribution is 2.28. The molecule has 7 nitrogen and oxygen atoms in total. The van der Waals surface area contributed by atoms with Crippen molar-refractivity contribution in [3.05, 3.63) is 41.2 Å². The van der Waals surface area contributed by atoms with Crippen molar-refractivity contribution in [1.29, 1.82) is 0 Å². The van der Waals surface area contributed by atoms with Gasteiger partial charge < -0.3 is 10.1 Å². The summed E-state index contributed by atoms with van der Waals surface area (Å²) in [6, 6.07) is 2.90. The van der Waals surface area contributed by atoms with Crippen LogP contribution in [0.15, 0.2) is 28.5 Å². The van der Waals surface area contributed by atoms with E-state index in [4.69, 9.17) is 4.74 Å². The number of aromatic nitrogens is 3. The molecule has 11 heteroatoms. The predicted molar refractivity (Wildman–Crippen MR) is 114 cm³/mol. The molecule has 1 aromatic carbocycles. The lowest BCUT2D eigenvalue weighted by Crippen LogP contribution is -2.36. The van der Waals surface area contributed by atoms with Crippen LogP contribution in [0, 0.1) is 11.6 Å². The van der Waals surface area contributed by atoms with Crippen LogP contribution in [-0.2, 0) is 4.74 Å². The minimum atomic E-state index is -0.682. The maximum atomic E-state index is 14.2. The zero-order valence-corrected chi connectivity index (χ0v) is 18.7. The van der Waals surface area contributed by atoms with Gasteiger partial charge in [-0.15, -0.1) is 10.2 Å². The number of nitrogens with zero attached hydrogens (tertiary/aromatic N) is 4. The van der Waals surface area contributed by atoms with E-state index in [2.05, 4.69) is 20.6 Å². The predicted octanol–water partition coefficient (Wildman–Crippen LogP) is 4.23. The Morgan fingerprint density at radius 2 is 2.13 bits per heavy atom. The molecule has 1 aliphatic rings. The molecule has 0 aliphatic carbocycles. The molecule has 162 valence electrons. The number of benzene rings is 1. The van der Waals surface area contributed by atoms with Gasteiger partial charge >= 0.3 is 6.09 Å². The summed E-state index contributed by atoms with van der Waals surface area (Å²) < 4.78 is 34.4. The van der Waals surface area contributed by atoms with Crippen LogP contribution in [0.4, 0.5) is 13.6 Å². The number of nitrogens with one attached hydrogen (secondary N) is 1. The van der Waals surface area contributed by atoms with Gasteiger partial charge in [0.25, 0.3) is 0 Å². The van der Waals surface area contributed by atoms with Crippen LogP contribution in [0.5, 0.6) is 0 Å². The van der Waals surface area contributed by atoms with E-state index in [0.29, 0.717) is 28.9 Å². The topological polar surface area (TPSA) is 81.4 Å². The van der Waals surface area contributed by atoms with E-state index in [0.717, 1.165) is 11.8 Å². The third kappa shape index (κ3) is 5.51. The van der Waals surface area contributed by atoms with Crippen molar-refractivity contribution in [1.82, 2.24) is 20.2 Å². The molecule has 30 heavy (non-hydrogen) atoms. The van der Waals surface area contributed by atoms with E-state index in [9.17, 15) is 13.6 Å². The number of carbonyl (C=O) groups excluding carboxylic acids is 1. The van der Waals surface area contributed by atoms with Gasteiger partial charge in [-0.1, -0.05) is 11.8 Å². The van der Waals surface area contributed by atoms with Gasteiger partial charge in [0.2, 0.25) is 5.16 Å². The number of ether oxygens (including phenoxy) is 1. The van der Waals surface area contributed by atoms with Crippen molar-refractivity contribution in [2.75, 3.05) is 17.8 Å². The molecule has 0 saturated carbocycles. The van der Waals surface area contributed by atoms with Crippen molar-refractivity contribution in [3.8, 4) is 0 Å². The van der Waals surface area contributed by atoms with Crippen LogP contribution in [-0.4, -0.2) is 50.0 Å². The number of rotatable bonds is 6. The second-order valence-corrected chi connectivity index (χ2v) is 9.52. The van der Waals surface area contributed by atoms with Crippen LogP contribution in [0.25, 0.3) is 0 Å². The number of thioether (sulfide) groups is 2. The molecule has 0 radical (unpaired) electrons. The van der Waals surface area contributed by atoms with Gasteiger partial charge in [-0.3, -0.25) is 0 Å². The first kappa shape index (κ1) is 22.5. The third-order valence-electron chi connectivity index (χ3n) is 4.05. The zero-order chi connectivity index (χ0) is 21.9. The molecule has 1 aromatic heterocycles. The summed E-state index contributed by atoms with van der Waals surface area (Å²) in [5.41, 5.74) is 0.0153. The first-order chi connectivity index (χ1) is 14.2. The van der Waals surface area contributed by atoms with Crippen molar-refractivity contribution in [2.45, 2.75) is 44.0 Å². The summed E-state index contributed by atoms with van der Waals surface area (Å²) in [6.45, 7) is 5.35. The second-order valence-electron chi connectivity index (χ2n) is 7.59. The van der Waals surface area contributed by atoms with Crippen LogP contribution in [0.1, 0.15) is 44.6 Å². The van der Waals surface area contributed by atoms with E-state index in [1.807, 2.05) is 6.26 Å². The number of carbonyl (C=O) groups is 1. The Morgan fingerprint density at radius 1 is 1.37 bits per heavy atom. The Morgan fingerprint density at radius 3 is 2.80 bits per heavy atom. The lowest BCUT2D eigenvalue weighted by Gasteiger charge is -2.23. The fourth-order valence-electron chi connectivity index (χ4n) is 2.77. The summed E-state index contributed by atoms with van der Waals surface area (Å²) in [5.74, 6) is 0.231. The monoisotopic (exact) mass is 455 g/mol. The lowest BCUT2D eigenvalue weighted by molar-refractivity contribution is 0.0499. The minimum Gasteiger partial charge on any atom is -0.444 e. The maximum Gasteiger partial charge on any atom is 0.408 e. The quantitative estimate of drug-likeness (QED) is 0.702.